The number of para-hydroxylation sites is 1. The molecule has 4 bridgehead atoms. The van der Waals surface area contributed by atoms with Gasteiger partial charge in [-0.05, 0) is 74.8 Å². The predicted molar refractivity (Wildman–Crippen MR) is 150 cm³/mol. The van der Waals surface area contributed by atoms with Crippen molar-refractivity contribution in [2.24, 2.45) is 17.8 Å². The van der Waals surface area contributed by atoms with Gasteiger partial charge in [-0.3, -0.25) is 14.9 Å². The smallest absolute Gasteiger partial charge is 0.267 e. The third-order valence-corrected chi connectivity index (χ3v) is 9.53. The highest BCUT2D eigenvalue weighted by Gasteiger charge is 2.52. The van der Waals surface area contributed by atoms with E-state index in [0.717, 1.165) is 42.7 Å². The van der Waals surface area contributed by atoms with Gasteiger partial charge < -0.3 is 14.7 Å². The van der Waals surface area contributed by atoms with Crippen molar-refractivity contribution >= 4 is 22.8 Å². The average Bonchev–Trinajstić information content (AvgIpc) is 3.36. The van der Waals surface area contributed by atoms with Crippen LogP contribution in [0.4, 0.5) is 5.95 Å². The van der Waals surface area contributed by atoms with Crippen LogP contribution < -0.4 is 10.9 Å². The summed E-state index contributed by atoms with van der Waals surface area (Å²) >= 11 is 0. The lowest BCUT2D eigenvalue weighted by molar-refractivity contribution is -0.00698. The summed E-state index contributed by atoms with van der Waals surface area (Å²) in [6.07, 6.45) is 16.2. The normalized spacial score (nSPS) is 25.8. The minimum absolute atomic E-state index is 0.139. The van der Waals surface area contributed by atoms with Crippen LogP contribution in [0, 0.1) is 17.8 Å². The molecule has 0 radical (unpaired) electrons. The van der Waals surface area contributed by atoms with Crippen molar-refractivity contribution in [1.29, 1.82) is 0 Å². The molecule has 0 saturated heterocycles. The molecule has 202 valence electrons. The topological polar surface area (TPSA) is 100 Å². The van der Waals surface area contributed by atoms with Crippen molar-refractivity contribution in [3.05, 3.63) is 52.1 Å². The van der Waals surface area contributed by atoms with E-state index in [1.54, 1.807) is 10.6 Å². The van der Waals surface area contributed by atoms with Gasteiger partial charge in [-0.25, -0.2) is 4.98 Å². The molecule has 4 aliphatic rings. The molecule has 7 heteroatoms. The molecule has 1 aromatic carbocycles. The number of hydrogen-bond donors (Lipinski definition) is 3. The maximum absolute atomic E-state index is 13.5. The molecule has 4 fully saturated rings. The van der Waals surface area contributed by atoms with Crippen LogP contribution in [0.2, 0.25) is 0 Å². The standard InChI is InChI=1S/C31H40N4O3/c1-2-3-4-5-6-9-12-35-24-11-8-7-10-23(24)27(36)26(29(35)38)28(37)34-30-32-19-25(33-30)31-16-20-13-21(17-31)15-22(14-20)18-31/h7-8,10-11,19-22,36H,2-6,9,12-18H2,1H3,(H2,32,33,34,37). The van der Waals surface area contributed by atoms with Crippen LogP contribution in [-0.2, 0) is 12.0 Å². The number of pyridine rings is 1. The zero-order valence-electron chi connectivity index (χ0n) is 22.5. The molecule has 0 aliphatic heterocycles. The SMILES string of the molecule is CCCCCCCCn1c(=O)c(C(=O)Nc2ncc(C34CC5CC(CC(C5)C3)C4)[nH]2)c(O)c2ccccc21. The van der Waals surface area contributed by atoms with Crippen LogP contribution in [0.25, 0.3) is 10.9 Å². The summed E-state index contributed by atoms with van der Waals surface area (Å²) < 4.78 is 1.65. The van der Waals surface area contributed by atoms with Gasteiger partial charge >= 0.3 is 0 Å². The van der Waals surface area contributed by atoms with E-state index in [9.17, 15) is 14.7 Å². The highest BCUT2D eigenvalue weighted by molar-refractivity contribution is 6.08. The largest absolute Gasteiger partial charge is 0.506 e. The number of nitrogens with one attached hydrogen (secondary N) is 2. The van der Waals surface area contributed by atoms with E-state index in [1.165, 1.54) is 57.8 Å². The number of anilines is 1. The van der Waals surface area contributed by atoms with Crippen molar-refractivity contribution < 1.29 is 9.90 Å². The molecular formula is C31H40N4O3. The number of rotatable bonds is 10. The number of fused-ring (bicyclic) bond motifs is 1. The van der Waals surface area contributed by atoms with Gasteiger partial charge in [0.25, 0.3) is 11.5 Å². The first kappa shape index (κ1) is 25.2. The number of H-pyrrole nitrogens is 1. The summed E-state index contributed by atoms with van der Waals surface area (Å²) in [5.74, 6) is 1.87. The molecule has 0 atom stereocenters. The van der Waals surface area contributed by atoms with E-state index in [4.69, 9.17) is 0 Å². The molecule has 7 rings (SSSR count). The van der Waals surface area contributed by atoms with Gasteiger partial charge in [0.05, 0.1) is 11.7 Å². The number of aromatic nitrogens is 3. The first-order chi connectivity index (χ1) is 18.5. The zero-order chi connectivity index (χ0) is 26.3. The molecule has 2 aromatic heterocycles. The lowest BCUT2D eigenvalue weighted by Crippen LogP contribution is -2.48. The van der Waals surface area contributed by atoms with Crippen LogP contribution in [0.5, 0.6) is 5.75 Å². The number of amides is 1. The Kier molecular flexibility index (Phi) is 6.79. The number of aromatic amines is 1. The van der Waals surface area contributed by atoms with Gasteiger partial charge in [-0.15, -0.1) is 0 Å². The van der Waals surface area contributed by atoms with Crippen LogP contribution in [0.1, 0.15) is 100 Å². The number of aromatic hydroxyl groups is 1. The molecule has 3 aromatic rings. The molecule has 38 heavy (non-hydrogen) atoms. The number of imidazole rings is 1. The Labute approximate surface area is 224 Å². The highest BCUT2D eigenvalue weighted by Crippen LogP contribution is 2.60. The second kappa shape index (κ2) is 10.2. The molecular weight excluding hydrogens is 476 g/mol. The maximum Gasteiger partial charge on any atom is 0.267 e. The fourth-order valence-corrected chi connectivity index (χ4v) is 8.13. The van der Waals surface area contributed by atoms with Crippen molar-refractivity contribution in [3.8, 4) is 5.75 Å². The maximum atomic E-state index is 13.5. The molecule has 1 amide bonds. The van der Waals surface area contributed by atoms with E-state index in [2.05, 4.69) is 22.2 Å². The summed E-state index contributed by atoms with van der Waals surface area (Å²) in [6, 6.07) is 7.26. The van der Waals surface area contributed by atoms with E-state index in [1.807, 2.05) is 24.4 Å². The molecule has 7 nitrogen and oxygen atoms in total. The number of nitrogens with zero attached hydrogens (tertiary/aromatic N) is 2. The van der Waals surface area contributed by atoms with E-state index >= 15 is 0 Å². The molecule has 0 spiro atoms. The fourth-order valence-electron chi connectivity index (χ4n) is 8.13. The van der Waals surface area contributed by atoms with Crippen molar-refractivity contribution in [2.45, 2.75) is 95.9 Å². The highest BCUT2D eigenvalue weighted by atomic mass is 16.3. The third-order valence-electron chi connectivity index (χ3n) is 9.53. The second-order valence-electron chi connectivity index (χ2n) is 12.3. The van der Waals surface area contributed by atoms with E-state index in [-0.39, 0.29) is 16.7 Å². The summed E-state index contributed by atoms with van der Waals surface area (Å²) in [5, 5.41) is 14.3. The molecule has 2 heterocycles. The summed E-state index contributed by atoms with van der Waals surface area (Å²) in [7, 11) is 0. The predicted octanol–water partition coefficient (Wildman–Crippen LogP) is 6.51. The summed E-state index contributed by atoms with van der Waals surface area (Å²) in [5.41, 5.74) is 1.22. The number of carbonyl (C=O) groups excluding carboxylic acids is 1. The minimum atomic E-state index is -0.624. The van der Waals surface area contributed by atoms with Crippen molar-refractivity contribution in [1.82, 2.24) is 14.5 Å². The fraction of sp³-hybridized carbons (Fsp3) is 0.581. The van der Waals surface area contributed by atoms with Gasteiger partial charge in [0.1, 0.15) is 11.3 Å². The van der Waals surface area contributed by atoms with E-state index < -0.39 is 11.5 Å². The van der Waals surface area contributed by atoms with Crippen molar-refractivity contribution in [3.63, 3.8) is 0 Å². The monoisotopic (exact) mass is 516 g/mol. The Balaban J connectivity index is 1.24. The number of hydrogen-bond acceptors (Lipinski definition) is 4. The number of carbonyl (C=O) groups is 1. The number of unbranched alkanes of at least 4 members (excludes halogenated alkanes) is 5. The minimum Gasteiger partial charge on any atom is -0.506 e. The quantitative estimate of drug-likeness (QED) is 0.267. The Morgan fingerprint density at radius 1 is 1.05 bits per heavy atom. The van der Waals surface area contributed by atoms with Gasteiger partial charge in [-0.2, -0.15) is 0 Å². The Hall–Kier alpha value is -3.09. The number of benzene rings is 1. The van der Waals surface area contributed by atoms with Crippen LogP contribution in [0.15, 0.2) is 35.3 Å². The van der Waals surface area contributed by atoms with Gasteiger partial charge in [0, 0.05) is 23.0 Å². The Morgan fingerprint density at radius 3 is 2.42 bits per heavy atom. The van der Waals surface area contributed by atoms with Crippen LogP contribution >= 0.6 is 0 Å². The first-order valence-electron chi connectivity index (χ1n) is 14.7. The Bertz CT molecular complexity index is 1350. The lowest BCUT2D eigenvalue weighted by Gasteiger charge is -2.56. The first-order valence-corrected chi connectivity index (χ1v) is 14.7. The lowest BCUT2D eigenvalue weighted by atomic mass is 9.49. The van der Waals surface area contributed by atoms with E-state index in [0.29, 0.717) is 23.4 Å². The summed E-state index contributed by atoms with van der Waals surface area (Å²) in [4.78, 5) is 34.8. The molecule has 0 unspecified atom stereocenters. The van der Waals surface area contributed by atoms with Crippen LogP contribution in [-0.4, -0.2) is 25.5 Å². The molecule has 3 N–H and O–H groups in total. The number of aryl methyl sites for hydroxylation is 1. The van der Waals surface area contributed by atoms with Gasteiger partial charge in [0.2, 0.25) is 5.95 Å². The molecule has 4 saturated carbocycles. The molecule has 4 aliphatic carbocycles. The van der Waals surface area contributed by atoms with Crippen LogP contribution in [0.3, 0.4) is 0 Å². The Morgan fingerprint density at radius 2 is 1.71 bits per heavy atom. The van der Waals surface area contributed by atoms with Gasteiger partial charge in [0.15, 0.2) is 0 Å². The van der Waals surface area contributed by atoms with Crippen molar-refractivity contribution in [2.75, 3.05) is 5.32 Å². The summed E-state index contributed by atoms with van der Waals surface area (Å²) in [6.45, 7) is 2.71. The third kappa shape index (κ3) is 4.54. The average molecular weight is 517 g/mol. The van der Waals surface area contributed by atoms with Gasteiger partial charge in [-0.1, -0.05) is 51.2 Å². The second-order valence-corrected chi connectivity index (χ2v) is 12.3. The zero-order valence-corrected chi connectivity index (χ0v) is 22.5.